The van der Waals surface area contributed by atoms with E-state index in [1.807, 2.05) is 37.4 Å². The van der Waals surface area contributed by atoms with Crippen LogP contribution in [0, 0.1) is 0 Å². The maximum absolute atomic E-state index is 12.3. The van der Waals surface area contributed by atoms with Gasteiger partial charge in [0.1, 0.15) is 5.58 Å². The summed E-state index contributed by atoms with van der Waals surface area (Å²) in [5.74, 6) is 0.643. The van der Waals surface area contributed by atoms with Crippen LogP contribution in [0.15, 0.2) is 64.2 Å². The Kier molecular flexibility index (Phi) is 5.53. The van der Waals surface area contributed by atoms with Gasteiger partial charge in [0.2, 0.25) is 5.91 Å². The van der Waals surface area contributed by atoms with Crippen LogP contribution in [-0.2, 0) is 16.6 Å². The highest BCUT2D eigenvalue weighted by molar-refractivity contribution is 7.99. The van der Waals surface area contributed by atoms with Crippen molar-refractivity contribution >= 4 is 40.3 Å². The molecule has 0 aliphatic carbocycles. The molecule has 8 nitrogen and oxygen atoms in total. The highest BCUT2D eigenvalue weighted by Crippen LogP contribution is 2.28. The maximum Gasteiger partial charge on any atom is 0.337 e. The van der Waals surface area contributed by atoms with Gasteiger partial charge in [0, 0.05) is 18.1 Å². The molecular formula is C21H18N4O4S. The monoisotopic (exact) mass is 422 g/mol. The summed E-state index contributed by atoms with van der Waals surface area (Å²) < 4.78 is 12.3. The fourth-order valence-corrected chi connectivity index (χ4v) is 3.63. The van der Waals surface area contributed by atoms with E-state index in [0.717, 1.165) is 11.0 Å². The average Bonchev–Trinajstić information content (AvgIpc) is 3.34. The summed E-state index contributed by atoms with van der Waals surface area (Å²) in [4.78, 5) is 23.9. The first-order valence-electron chi connectivity index (χ1n) is 9.04. The number of para-hydroxylation sites is 1. The molecule has 4 rings (SSSR count). The number of hydrogen-bond acceptors (Lipinski definition) is 7. The van der Waals surface area contributed by atoms with Gasteiger partial charge in [0.15, 0.2) is 16.7 Å². The minimum absolute atomic E-state index is 0.133. The fraction of sp³-hybridized carbons (Fsp3) is 0.143. The van der Waals surface area contributed by atoms with Crippen LogP contribution in [0.1, 0.15) is 10.4 Å². The number of esters is 1. The number of furan rings is 1. The highest BCUT2D eigenvalue weighted by atomic mass is 32.2. The quantitative estimate of drug-likeness (QED) is 0.373. The van der Waals surface area contributed by atoms with Gasteiger partial charge in [-0.1, -0.05) is 36.0 Å². The number of thioether (sulfide) groups is 1. The minimum Gasteiger partial charge on any atom is -0.465 e. The third-order valence-corrected chi connectivity index (χ3v) is 5.40. The van der Waals surface area contributed by atoms with Crippen molar-refractivity contribution in [1.29, 1.82) is 0 Å². The lowest BCUT2D eigenvalue weighted by Gasteiger charge is -2.06. The number of ether oxygens (including phenoxy) is 1. The summed E-state index contributed by atoms with van der Waals surface area (Å²) in [6.45, 7) is 0. The van der Waals surface area contributed by atoms with E-state index in [1.165, 1.54) is 18.9 Å². The van der Waals surface area contributed by atoms with Crippen LogP contribution in [0.3, 0.4) is 0 Å². The van der Waals surface area contributed by atoms with Crippen LogP contribution in [0.2, 0.25) is 0 Å². The Morgan fingerprint density at radius 2 is 1.97 bits per heavy atom. The lowest BCUT2D eigenvalue weighted by molar-refractivity contribution is -0.113. The molecule has 2 aromatic carbocycles. The third kappa shape index (κ3) is 4.06. The molecule has 9 heteroatoms. The molecule has 0 aliphatic rings. The Morgan fingerprint density at radius 3 is 2.77 bits per heavy atom. The van der Waals surface area contributed by atoms with Crippen molar-refractivity contribution < 1.29 is 18.7 Å². The van der Waals surface area contributed by atoms with Gasteiger partial charge in [-0.25, -0.2) is 4.79 Å². The Labute approximate surface area is 176 Å². The SMILES string of the molecule is COC(=O)c1cccc(NC(=O)CSc2nnc(-c3cc4ccccc4o3)n2C)c1. The zero-order valence-electron chi connectivity index (χ0n) is 16.3. The smallest absolute Gasteiger partial charge is 0.337 e. The summed E-state index contributed by atoms with van der Waals surface area (Å²) in [5, 5.41) is 12.7. The van der Waals surface area contributed by atoms with E-state index in [4.69, 9.17) is 9.15 Å². The number of methoxy groups -OCH3 is 1. The largest absolute Gasteiger partial charge is 0.465 e. The Morgan fingerprint density at radius 1 is 1.13 bits per heavy atom. The summed E-state index contributed by atoms with van der Waals surface area (Å²) in [6.07, 6.45) is 0. The van der Waals surface area contributed by atoms with Crippen LogP contribution < -0.4 is 5.32 Å². The highest BCUT2D eigenvalue weighted by Gasteiger charge is 2.16. The van der Waals surface area contributed by atoms with Crippen molar-refractivity contribution in [3.05, 3.63) is 60.2 Å². The van der Waals surface area contributed by atoms with E-state index in [-0.39, 0.29) is 11.7 Å². The van der Waals surface area contributed by atoms with Crippen LogP contribution in [0.25, 0.3) is 22.6 Å². The van der Waals surface area contributed by atoms with Gasteiger partial charge in [-0.05, 0) is 30.3 Å². The van der Waals surface area contributed by atoms with Crippen LogP contribution in [0.5, 0.6) is 0 Å². The van der Waals surface area contributed by atoms with Crippen molar-refractivity contribution in [2.24, 2.45) is 7.05 Å². The molecule has 2 heterocycles. The van der Waals surface area contributed by atoms with Gasteiger partial charge in [-0.3, -0.25) is 4.79 Å². The standard InChI is InChI=1S/C21H18N4O4S/c1-25-19(17-11-13-6-3-4-9-16(13)29-17)23-24-21(25)30-12-18(26)22-15-8-5-7-14(10-15)20(27)28-2/h3-11H,12H2,1-2H3,(H,22,26). The van der Waals surface area contributed by atoms with Crippen LogP contribution >= 0.6 is 11.8 Å². The van der Waals surface area contributed by atoms with E-state index in [0.29, 0.717) is 28.0 Å². The molecule has 1 amide bonds. The van der Waals surface area contributed by atoms with Gasteiger partial charge in [-0.15, -0.1) is 10.2 Å². The molecular weight excluding hydrogens is 404 g/mol. The van der Waals surface area contributed by atoms with E-state index in [9.17, 15) is 9.59 Å². The lowest BCUT2D eigenvalue weighted by atomic mass is 10.2. The first-order valence-corrected chi connectivity index (χ1v) is 10.0. The second-order valence-electron chi connectivity index (χ2n) is 6.42. The molecule has 0 fully saturated rings. The van der Waals surface area contributed by atoms with Gasteiger partial charge in [0.25, 0.3) is 0 Å². The third-order valence-electron chi connectivity index (χ3n) is 4.38. The molecule has 0 bridgehead atoms. The topological polar surface area (TPSA) is 99.2 Å². The first-order chi connectivity index (χ1) is 14.5. The molecule has 4 aromatic rings. The predicted octanol–water partition coefficient (Wildman–Crippen LogP) is 3.75. The Hall–Kier alpha value is -3.59. The van der Waals surface area contributed by atoms with Crippen molar-refractivity contribution in [1.82, 2.24) is 14.8 Å². The number of carbonyl (C=O) groups excluding carboxylic acids is 2. The fourth-order valence-electron chi connectivity index (χ4n) is 2.92. The van der Waals surface area contributed by atoms with Gasteiger partial charge in [0.05, 0.1) is 18.4 Å². The number of fused-ring (bicyclic) bond motifs is 1. The van der Waals surface area contributed by atoms with Crippen molar-refractivity contribution in [2.45, 2.75) is 5.16 Å². The van der Waals surface area contributed by atoms with E-state index >= 15 is 0 Å². The number of carbonyl (C=O) groups is 2. The molecule has 0 unspecified atom stereocenters. The molecule has 152 valence electrons. The van der Waals surface area contributed by atoms with Crippen LogP contribution in [-0.4, -0.2) is 39.5 Å². The van der Waals surface area contributed by atoms with Gasteiger partial charge in [-0.2, -0.15) is 0 Å². The Balaban J connectivity index is 1.42. The summed E-state index contributed by atoms with van der Waals surface area (Å²) in [6, 6.07) is 16.2. The molecule has 0 spiro atoms. The minimum atomic E-state index is -0.460. The predicted molar refractivity (Wildman–Crippen MR) is 113 cm³/mol. The average molecular weight is 422 g/mol. The zero-order chi connectivity index (χ0) is 21.1. The molecule has 0 radical (unpaired) electrons. The normalized spacial score (nSPS) is 10.9. The molecule has 0 aliphatic heterocycles. The van der Waals surface area contributed by atoms with Crippen molar-refractivity contribution in [2.75, 3.05) is 18.2 Å². The molecule has 0 saturated carbocycles. The molecule has 0 saturated heterocycles. The summed E-state index contributed by atoms with van der Waals surface area (Å²) in [7, 11) is 3.13. The van der Waals surface area contributed by atoms with Crippen LogP contribution in [0.4, 0.5) is 5.69 Å². The first kappa shape index (κ1) is 19.7. The van der Waals surface area contributed by atoms with Crippen molar-refractivity contribution in [3.63, 3.8) is 0 Å². The number of nitrogens with zero attached hydrogens (tertiary/aromatic N) is 3. The molecule has 1 N–H and O–H groups in total. The van der Waals surface area contributed by atoms with E-state index < -0.39 is 5.97 Å². The molecule has 2 aromatic heterocycles. The van der Waals surface area contributed by atoms with Gasteiger partial charge < -0.3 is 19.0 Å². The van der Waals surface area contributed by atoms with E-state index in [2.05, 4.69) is 15.5 Å². The second-order valence-corrected chi connectivity index (χ2v) is 7.37. The summed E-state index contributed by atoms with van der Waals surface area (Å²) >= 11 is 1.26. The van der Waals surface area contributed by atoms with E-state index in [1.54, 1.807) is 28.8 Å². The second kappa shape index (κ2) is 8.42. The number of anilines is 1. The number of nitrogens with one attached hydrogen (secondary N) is 1. The number of aromatic nitrogens is 3. The van der Waals surface area contributed by atoms with Crippen molar-refractivity contribution in [3.8, 4) is 11.6 Å². The number of hydrogen-bond donors (Lipinski definition) is 1. The van der Waals surface area contributed by atoms with Gasteiger partial charge >= 0.3 is 5.97 Å². The number of amides is 1. The number of benzene rings is 2. The molecule has 30 heavy (non-hydrogen) atoms. The zero-order valence-corrected chi connectivity index (χ0v) is 17.1. The maximum atomic E-state index is 12.3. The number of rotatable bonds is 6. The lowest BCUT2D eigenvalue weighted by Crippen LogP contribution is -2.15. The molecule has 0 atom stereocenters. The summed E-state index contributed by atoms with van der Waals surface area (Å²) in [5.41, 5.74) is 1.66. The Bertz CT molecular complexity index is 1200.